The van der Waals surface area contributed by atoms with Gasteiger partial charge in [0.05, 0.1) is 18.3 Å². The van der Waals surface area contributed by atoms with Crippen LogP contribution in [0.5, 0.6) is 5.75 Å². The fourth-order valence-corrected chi connectivity index (χ4v) is 1.54. The van der Waals surface area contributed by atoms with Crippen molar-refractivity contribution in [1.82, 2.24) is 10.1 Å². The van der Waals surface area contributed by atoms with E-state index in [9.17, 15) is 0 Å². The number of nitrogens with zero attached hydrogens (tertiary/aromatic N) is 2. The molecule has 96 valence electrons. The number of ether oxygens (including phenoxy) is 1. The molecule has 2 aromatic rings. The monoisotopic (exact) mass is 247 g/mol. The molecule has 2 heterocycles. The molecule has 0 bridgehead atoms. The van der Waals surface area contributed by atoms with Gasteiger partial charge in [0.25, 0.3) is 0 Å². The largest absolute Gasteiger partial charge is 0.487 e. The summed E-state index contributed by atoms with van der Waals surface area (Å²) in [5.41, 5.74) is 0.867. The van der Waals surface area contributed by atoms with Gasteiger partial charge in [0.15, 0.2) is 17.3 Å². The van der Waals surface area contributed by atoms with Crippen LogP contribution >= 0.6 is 0 Å². The molecule has 0 saturated heterocycles. The first-order valence-corrected chi connectivity index (χ1v) is 5.93. The Morgan fingerprint density at radius 3 is 2.94 bits per heavy atom. The van der Waals surface area contributed by atoms with Gasteiger partial charge >= 0.3 is 0 Å². The molecule has 0 aromatic carbocycles. The van der Waals surface area contributed by atoms with E-state index >= 15 is 0 Å². The highest BCUT2D eigenvalue weighted by molar-refractivity contribution is 5.49. The molecule has 0 fully saturated rings. The third-order valence-electron chi connectivity index (χ3n) is 2.24. The van der Waals surface area contributed by atoms with Gasteiger partial charge in [-0.15, -0.1) is 0 Å². The Morgan fingerprint density at radius 2 is 2.28 bits per heavy atom. The highest BCUT2D eigenvalue weighted by Gasteiger charge is 2.07. The van der Waals surface area contributed by atoms with Crippen LogP contribution < -0.4 is 10.1 Å². The quantitative estimate of drug-likeness (QED) is 0.880. The first-order valence-electron chi connectivity index (χ1n) is 5.93. The van der Waals surface area contributed by atoms with E-state index in [0.717, 1.165) is 17.2 Å². The predicted molar refractivity (Wildman–Crippen MR) is 68.6 cm³/mol. The zero-order valence-electron chi connectivity index (χ0n) is 10.8. The van der Waals surface area contributed by atoms with Crippen molar-refractivity contribution in [2.24, 2.45) is 0 Å². The van der Waals surface area contributed by atoms with Crippen molar-refractivity contribution in [3.63, 3.8) is 0 Å². The Kier molecular flexibility index (Phi) is 3.82. The number of hydrogen-bond acceptors (Lipinski definition) is 5. The summed E-state index contributed by atoms with van der Waals surface area (Å²) in [6.45, 7) is 6.39. The van der Waals surface area contributed by atoms with Gasteiger partial charge < -0.3 is 14.6 Å². The number of nitrogens with one attached hydrogen (secondary N) is 1. The van der Waals surface area contributed by atoms with E-state index < -0.39 is 0 Å². The van der Waals surface area contributed by atoms with Crippen molar-refractivity contribution >= 4 is 5.82 Å². The molecular weight excluding hydrogens is 230 g/mol. The normalized spacial score (nSPS) is 10.7. The van der Waals surface area contributed by atoms with Crippen LogP contribution in [-0.2, 0) is 6.54 Å². The Hall–Kier alpha value is -2.04. The molecule has 0 saturated carbocycles. The minimum Gasteiger partial charge on any atom is -0.487 e. The molecule has 5 heteroatoms. The van der Waals surface area contributed by atoms with Crippen molar-refractivity contribution in [3.8, 4) is 5.75 Å². The summed E-state index contributed by atoms with van der Waals surface area (Å²) in [7, 11) is 0. The highest BCUT2D eigenvalue weighted by atomic mass is 16.5. The first-order chi connectivity index (χ1) is 8.65. The number of aromatic nitrogens is 2. The fourth-order valence-electron chi connectivity index (χ4n) is 1.54. The molecule has 0 aliphatic heterocycles. The second kappa shape index (κ2) is 5.53. The molecule has 0 aliphatic carbocycles. The summed E-state index contributed by atoms with van der Waals surface area (Å²) in [6, 6.07) is 5.63. The van der Waals surface area contributed by atoms with Crippen molar-refractivity contribution in [1.29, 1.82) is 0 Å². The number of pyridine rings is 1. The molecule has 5 nitrogen and oxygen atoms in total. The van der Waals surface area contributed by atoms with Crippen LogP contribution in [0.3, 0.4) is 0 Å². The molecule has 0 atom stereocenters. The predicted octanol–water partition coefficient (Wildman–Crippen LogP) is 2.78. The lowest BCUT2D eigenvalue weighted by Crippen LogP contribution is -2.09. The summed E-state index contributed by atoms with van der Waals surface area (Å²) < 4.78 is 10.8. The van der Waals surface area contributed by atoms with Gasteiger partial charge in [0.2, 0.25) is 0 Å². The highest BCUT2D eigenvalue weighted by Crippen LogP contribution is 2.22. The SMILES string of the molecule is Cc1cc(CNc2ncccc2OC(C)C)on1. The van der Waals surface area contributed by atoms with Gasteiger partial charge in [-0.05, 0) is 32.9 Å². The lowest BCUT2D eigenvalue weighted by Gasteiger charge is -2.13. The Bertz CT molecular complexity index is 508. The molecule has 2 rings (SSSR count). The fraction of sp³-hybridized carbons (Fsp3) is 0.385. The van der Waals surface area contributed by atoms with E-state index in [2.05, 4.69) is 15.5 Å². The number of anilines is 1. The van der Waals surface area contributed by atoms with Crippen molar-refractivity contribution in [2.75, 3.05) is 5.32 Å². The van der Waals surface area contributed by atoms with E-state index in [-0.39, 0.29) is 6.10 Å². The van der Waals surface area contributed by atoms with Crippen LogP contribution in [0.1, 0.15) is 25.3 Å². The zero-order chi connectivity index (χ0) is 13.0. The standard InChI is InChI=1S/C13H17N3O2/c1-9(2)17-12-5-4-6-14-13(12)15-8-11-7-10(3)16-18-11/h4-7,9H,8H2,1-3H3,(H,14,15). The van der Waals surface area contributed by atoms with Crippen LogP contribution in [-0.4, -0.2) is 16.2 Å². The van der Waals surface area contributed by atoms with E-state index in [1.165, 1.54) is 0 Å². The van der Waals surface area contributed by atoms with E-state index in [1.807, 2.05) is 39.0 Å². The molecule has 1 N–H and O–H groups in total. The lowest BCUT2D eigenvalue weighted by atomic mass is 10.3. The molecule has 0 radical (unpaired) electrons. The second-order valence-electron chi connectivity index (χ2n) is 4.30. The average Bonchev–Trinajstić information content (AvgIpc) is 2.73. The molecule has 0 unspecified atom stereocenters. The maximum Gasteiger partial charge on any atom is 0.169 e. The molecule has 2 aromatic heterocycles. The van der Waals surface area contributed by atoms with Crippen LogP contribution in [0, 0.1) is 6.92 Å². The zero-order valence-corrected chi connectivity index (χ0v) is 10.8. The molecular formula is C13H17N3O2. The third kappa shape index (κ3) is 3.23. The summed E-state index contributed by atoms with van der Waals surface area (Å²) in [5, 5.41) is 7.01. The second-order valence-corrected chi connectivity index (χ2v) is 4.30. The van der Waals surface area contributed by atoms with Crippen LogP contribution in [0.4, 0.5) is 5.82 Å². The summed E-state index contributed by atoms with van der Waals surface area (Å²) in [5.74, 6) is 2.22. The molecule has 0 spiro atoms. The van der Waals surface area contributed by atoms with Crippen molar-refractivity contribution in [2.45, 2.75) is 33.4 Å². The van der Waals surface area contributed by atoms with Crippen LogP contribution in [0.25, 0.3) is 0 Å². The number of rotatable bonds is 5. The van der Waals surface area contributed by atoms with Crippen molar-refractivity contribution < 1.29 is 9.26 Å². The van der Waals surface area contributed by atoms with Crippen LogP contribution in [0.15, 0.2) is 28.9 Å². The minimum atomic E-state index is 0.113. The van der Waals surface area contributed by atoms with Gasteiger partial charge in [0.1, 0.15) is 0 Å². The Morgan fingerprint density at radius 1 is 1.44 bits per heavy atom. The van der Waals surface area contributed by atoms with Gasteiger partial charge in [-0.25, -0.2) is 4.98 Å². The maximum absolute atomic E-state index is 5.67. The number of aryl methyl sites for hydroxylation is 1. The maximum atomic E-state index is 5.67. The average molecular weight is 247 g/mol. The smallest absolute Gasteiger partial charge is 0.169 e. The van der Waals surface area contributed by atoms with Gasteiger partial charge in [-0.3, -0.25) is 0 Å². The van der Waals surface area contributed by atoms with Crippen molar-refractivity contribution in [3.05, 3.63) is 35.9 Å². The first kappa shape index (κ1) is 12.4. The molecule has 0 aliphatic rings. The van der Waals surface area contributed by atoms with Gasteiger partial charge in [-0.1, -0.05) is 5.16 Å². The molecule has 18 heavy (non-hydrogen) atoms. The summed E-state index contributed by atoms with van der Waals surface area (Å²) >= 11 is 0. The summed E-state index contributed by atoms with van der Waals surface area (Å²) in [6.07, 6.45) is 1.84. The van der Waals surface area contributed by atoms with E-state index in [0.29, 0.717) is 12.4 Å². The van der Waals surface area contributed by atoms with E-state index in [1.54, 1.807) is 6.20 Å². The third-order valence-corrected chi connectivity index (χ3v) is 2.24. The topological polar surface area (TPSA) is 60.2 Å². The van der Waals surface area contributed by atoms with Crippen LogP contribution in [0.2, 0.25) is 0 Å². The Labute approximate surface area is 106 Å². The lowest BCUT2D eigenvalue weighted by molar-refractivity contribution is 0.243. The minimum absolute atomic E-state index is 0.113. The van der Waals surface area contributed by atoms with E-state index in [4.69, 9.17) is 9.26 Å². The summed E-state index contributed by atoms with van der Waals surface area (Å²) in [4.78, 5) is 4.26. The molecule has 0 amide bonds. The Balaban J connectivity index is 2.04. The number of hydrogen-bond donors (Lipinski definition) is 1. The van der Waals surface area contributed by atoms with Gasteiger partial charge in [-0.2, -0.15) is 0 Å². The van der Waals surface area contributed by atoms with Gasteiger partial charge in [0, 0.05) is 12.3 Å².